The number of hydrogen-bond donors (Lipinski definition) is 1. The molecule has 116 valence electrons. The molecule has 1 aliphatic rings. The summed E-state index contributed by atoms with van der Waals surface area (Å²) in [5.41, 5.74) is -0.157. The largest absolute Gasteiger partial charge is 0.476 e. The molecule has 21 heavy (non-hydrogen) atoms. The van der Waals surface area contributed by atoms with Crippen LogP contribution in [0.4, 0.5) is 11.5 Å². The first-order valence-electron chi connectivity index (χ1n) is 7.16. The van der Waals surface area contributed by atoms with E-state index in [0.717, 1.165) is 32.5 Å². The van der Waals surface area contributed by atoms with Gasteiger partial charge in [-0.2, -0.15) is 4.98 Å². The smallest absolute Gasteiger partial charge is 0.372 e. The zero-order chi connectivity index (χ0) is 15.2. The van der Waals surface area contributed by atoms with Gasteiger partial charge in [0.2, 0.25) is 5.82 Å². The van der Waals surface area contributed by atoms with Gasteiger partial charge >= 0.3 is 5.69 Å². The molecule has 8 nitrogen and oxygen atoms in total. The SMILES string of the molecule is CCN(CC1CCNCC1)c1ncnc(OC)c1[N+](=O)[O-]. The summed E-state index contributed by atoms with van der Waals surface area (Å²) in [4.78, 5) is 20.7. The molecule has 1 saturated heterocycles. The van der Waals surface area contributed by atoms with Crippen molar-refractivity contribution < 1.29 is 9.66 Å². The average molecular weight is 295 g/mol. The second-order valence-electron chi connectivity index (χ2n) is 5.04. The highest BCUT2D eigenvalue weighted by Crippen LogP contribution is 2.33. The summed E-state index contributed by atoms with van der Waals surface area (Å²) in [6.45, 7) is 5.39. The first kappa shape index (κ1) is 15.4. The van der Waals surface area contributed by atoms with Crippen molar-refractivity contribution in [1.29, 1.82) is 0 Å². The lowest BCUT2D eigenvalue weighted by molar-refractivity contribution is -0.385. The van der Waals surface area contributed by atoms with Crippen LogP contribution in [-0.2, 0) is 0 Å². The lowest BCUT2D eigenvalue weighted by Gasteiger charge is -2.29. The van der Waals surface area contributed by atoms with Crippen LogP contribution in [0.15, 0.2) is 6.33 Å². The third-order valence-electron chi connectivity index (χ3n) is 3.76. The molecule has 1 N–H and O–H groups in total. The van der Waals surface area contributed by atoms with Crippen molar-refractivity contribution in [3.05, 3.63) is 16.4 Å². The molecule has 0 atom stereocenters. The Morgan fingerprint density at radius 1 is 1.48 bits per heavy atom. The highest BCUT2D eigenvalue weighted by molar-refractivity contribution is 5.62. The van der Waals surface area contributed by atoms with E-state index >= 15 is 0 Å². The Bertz CT molecular complexity index is 491. The predicted molar refractivity (Wildman–Crippen MR) is 78.7 cm³/mol. The van der Waals surface area contributed by atoms with E-state index < -0.39 is 4.92 Å². The Morgan fingerprint density at radius 2 is 2.19 bits per heavy atom. The van der Waals surface area contributed by atoms with Crippen LogP contribution >= 0.6 is 0 Å². The fraction of sp³-hybridized carbons (Fsp3) is 0.692. The molecule has 1 aromatic heterocycles. The second kappa shape index (κ2) is 7.16. The van der Waals surface area contributed by atoms with Gasteiger partial charge in [-0.15, -0.1) is 0 Å². The minimum absolute atomic E-state index is 0.00811. The van der Waals surface area contributed by atoms with Crippen LogP contribution in [0.1, 0.15) is 19.8 Å². The minimum Gasteiger partial charge on any atom is -0.476 e. The number of aromatic nitrogens is 2. The Hall–Kier alpha value is -1.96. The van der Waals surface area contributed by atoms with Gasteiger partial charge in [0.05, 0.1) is 12.0 Å². The Labute approximate surface area is 123 Å². The van der Waals surface area contributed by atoms with Crippen molar-refractivity contribution in [3.63, 3.8) is 0 Å². The molecule has 1 fully saturated rings. The van der Waals surface area contributed by atoms with Crippen LogP contribution in [0.2, 0.25) is 0 Å². The summed E-state index contributed by atoms with van der Waals surface area (Å²) >= 11 is 0. The second-order valence-corrected chi connectivity index (χ2v) is 5.04. The number of hydrogen-bond acceptors (Lipinski definition) is 7. The van der Waals surface area contributed by atoms with E-state index in [9.17, 15) is 10.1 Å². The lowest BCUT2D eigenvalue weighted by Crippen LogP contribution is -2.36. The summed E-state index contributed by atoms with van der Waals surface area (Å²) in [7, 11) is 1.38. The summed E-state index contributed by atoms with van der Waals surface area (Å²) in [5.74, 6) is 0.869. The molecule has 2 heterocycles. The van der Waals surface area contributed by atoms with E-state index in [-0.39, 0.29) is 11.6 Å². The van der Waals surface area contributed by atoms with Crippen LogP contribution in [0.3, 0.4) is 0 Å². The van der Waals surface area contributed by atoms with Gasteiger partial charge in [0.15, 0.2) is 0 Å². The molecule has 0 spiro atoms. The number of methoxy groups -OCH3 is 1. The normalized spacial score (nSPS) is 15.7. The first-order valence-corrected chi connectivity index (χ1v) is 7.16. The van der Waals surface area contributed by atoms with Crippen molar-refractivity contribution in [2.24, 2.45) is 5.92 Å². The number of rotatable bonds is 6. The zero-order valence-corrected chi connectivity index (χ0v) is 12.4. The predicted octanol–water partition coefficient (Wildman–Crippen LogP) is 1.22. The van der Waals surface area contributed by atoms with Gasteiger partial charge < -0.3 is 15.0 Å². The van der Waals surface area contributed by atoms with Crippen LogP contribution in [0.25, 0.3) is 0 Å². The standard InChI is InChI=1S/C13H21N5O3/c1-3-17(8-10-4-6-14-7-5-10)12-11(18(19)20)13(21-2)16-9-15-12/h9-10,14H,3-8H2,1-2H3. The molecule has 0 saturated carbocycles. The third kappa shape index (κ3) is 3.57. The van der Waals surface area contributed by atoms with Gasteiger partial charge in [0.1, 0.15) is 6.33 Å². The van der Waals surface area contributed by atoms with Crippen molar-refractivity contribution in [1.82, 2.24) is 15.3 Å². The van der Waals surface area contributed by atoms with Crippen molar-refractivity contribution >= 4 is 11.5 Å². The molecular formula is C13H21N5O3. The summed E-state index contributed by atoms with van der Waals surface area (Å²) in [5, 5.41) is 14.6. The lowest BCUT2D eigenvalue weighted by atomic mass is 9.97. The zero-order valence-electron chi connectivity index (χ0n) is 12.4. The Balaban J connectivity index is 2.26. The van der Waals surface area contributed by atoms with Gasteiger partial charge in [-0.05, 0) is 38.8 Å². The van der Waals surface area contributed by atoms with Gasteiger partial charge in [-0.25, -0.2) is 4.98 Å². The highest BCUT2D eigenvalue weighted by atomic mass is 16.6. The number of nitrogens with one attached hydrogen (secondary N) is 1. The number of ether oxygens (including phenoxy) is 1. The molecule has 0 aromatic carbocycles. The molecule has 0 radical (unpaired) electrons. The fourth-order valence-electron chi connectivity index (χ4n) is 2.64. The van der Waals surface area contributed by atoms with Crippen LogP contribution in [0.5, 0.6) is 5.88 Å². The van der Waals surface area contributed by atoms with E-state index in [1.807, 2.05) is 11.8 Å². The summed E-state index contributed by atoms with van der Waals surface area (Å²) in [6, 6.07) is 0. The van der Waals surface area contributed by atoms with Gasteiger partial charge in [-0.3, -0.25) is 10.1 Å². The monoisotopic (exact) mass is 295 g/mol. The topological polar surface area (TPSA) is 93.4 Å². The average Bonchev–Trinajstić information content (AvgIpc) is 2.52. The molecule has 1 aromatic rings. The maximum atomic E-state index is 11.3. The molecule has 0 bridgehead atoms. The summed E-state index contributed by atoms with van der Waals surface area (Å²) in [6.07, 6.45) is 3.46. The Morgan fingerprint density at radius 3 is 2.76 bits per heavy atom. The molecule has 0 aliphatic carbocycles. The summed E-state index contributed by atoms with van der Waals surface area (Å²) < 4.78 is 5.00. The van der Waals surface area contributed by atoms with Gasteiger partial charge in [-0.1, -0.05) is 0 Å². The van der Waals surface area contributed by atoms with E-state index in [2.05, 4.69) is 15.3 Å². The number of anilines is 1. The quantitative estimate of drug-likeness (QED) is 0.623. The van der Waals surface area contributed by atoms with E-state index in [1.54, 1.807) is 0 Å². The molecule has 0 amide bonds. The fourth-order valence-corrected chi connectivity index (χ4v) is 2.64. The van der Waals surface area contributed by atoms with E-state index in [4.69, 9.17) is 4.74 Å². The van der Waals surface area contributed by atoms with Gasteiger partial charge in [0, 0.05) is 13.1 Å². The molecular weight excluding hydrogens is 274 g/mol. The maximum absolute atomic E-state index is 11.3. The minimum atomic E-state index is -0.473. The Kier molecular flexibility index (Phi) is 5.26. The maximum Gasteiger partial charge on any atom is 0.372 e. The van der Waals surface area contributed by atoms with Crippen molar-refractivity contribution in [2.75, 3.05) is 38.2 Å². The van der Waals surface area contributed by atoms with Crippen LogP contribution in [-0.4, -0.2) is 48.2 Å². The number of nitro groups is 1. The third-order valence-corrected chi connectivity index (χ3v) is 3.76. The number of nitrogens with zero attached hydrogens (tertiary/aromatic N) is 4. The van der Waals surface area contributed by atoms with E-state index in [1.165, 1.54) is 13.4 Å². The van der Waals surface area contributed by atoms with Crippen LogP contribution in [0, 0.1) is 16.0 Å². The number of piperidine rings is 1. The molecule has 0 unspecified atom stereocenters. The molecule has 8 heteroatoms. The van der Waals surface area contributed by atoms with Gasteiger partial charge in [0.25, 0.3) is 5.88 Å². The van der Waals surface area contributed by atoms with E-state index in [0.29, 0.717) is 18.3 Å². The highest BCUT2D eigenvalue weighted by Gasteiger charge is 2.28. The molecule has 2 rings (SSSR count). The first-order chi connectivity index (χ1) is 10.2. The van der Waals surface area contributed by atoms with Crippen molar-refractivity contribution in [3.8, 4) is 5.88 Å². The van der Waals surface area contributed by atoms with Crippen molar-refractivity contribution in [2.45, 2.75) is 19.8 Å². The molecule has 1 aliphatic heterocycles. The van der Waals surface area contributed by atoms with Crippen LogP contribution < -0.4 is 15.0 Å².